The molecule has 0 spiro atoms. The summed E-state index contributed by atoms with van der Waals surface area (Å²) in [4.78, 5) is 12.6. The van der Waals surface area contributed by atoms with Crippen molar-refractivity contribution in [3.05, 3.63) is 40.6 Å². The van der Waals surface area contributed by atoms with Crippen LogP contribution in [0.1, 0.15) is 41.8 Å². The second-order valence-corrected chi connectivity index (χ2v) is 7.31. The Morgan fingerprint density at radius 3 is 2.38 bits per heavy atom. The third-order valence-electron chi connectivity index (χ3n) is 4.55. The highest BCUT2D eigenvalue weighted by Gasteiger charge is 2.22. The Balaban J connectivity index is 1.66. The van der Waals surface area contributed by atoms with E-state index in [1.165, 1.54) is 0 Å². The lowest BCUT2D eigenvalue weighted by atomic mass is 10.1. The summed E-state index contributed by atoms with van der Waals surface area (Å²) in [6.45, 7) is 6.92. The molecule has 0 aliphatic rings. The van der Waals surface area contributed by atoms with Crippen LogP contribution in [0.5, 0.6) is 0 Å². The number of carbonyl (C=O) groups excluding carboxylic acids is 1. The van der Waals surface area contributed by atoms with Crippen molar-refractivity contribution in [2.75, 3.05) is 39.3 Å². The number of halogens is 1. The largest absolute Gasteiger partial charge is 0.360 e. The molecule has 0 aliphatic heterocycles. The van der Waals surface area contributed by atoms with Crippen LogP contribution >= 0.6 is 11.6 Å². The van der Waals surface area contributed by atoms with Gasteiger partial charge < -0.3 is 26.2 Å². The Morgan fingerprint density at radius 2 is 1.69 bits per heavy atom. The van der Waals surface area contributed by atoms with E-state index in [-0.39, 0.29) is 5.91 Å². The monoisotopic (exact) mass is 421 g/mol. The molecule has 5 N–H and O–H groups in total. The molecular weight excluding hydrogens is 390 g/mol. The number of nitrogens with two attached hydrogens (primary N) is 1. The fourth-order valence-electron chi connectivity index (χ4n) is 2.96. The highest BCUT2D eigenvalue weighted by Crippen LogP contribution is 2.30. The van der Waals surface area contributed by atoms with E-state index < -0.39 is 0 Å². The molecule has 0 fully saturated rings. The van der Waals surface area contributed by atoms with E-state index >= 15 is 0 Å². The average Bonchev–Trinajstić information content (AvgIpc) is 3.10. The van der Waals surface area contributed by atoms with Gasteiger partial charge in [0.1, 0.15) is 17.0 Å². The predicted octanol–water partition coefficient (Wildman–Crippen LogP) is 2.73. The average molecular weight is 422 g/mol. The van der Waals surface area contributed by atoms with Crippen LogP contribution in [0.4, 0.5) is 0 Å². The Bertz CT molecular complexity index is 750. The third kappa shape index (κ3) is 7.78. The molecule has 7 nitrogen and oxygen atoms in total. The van der Waals surface area contributed by atoms with Crippen molar-refractivity contribution in [2.45, 2.75) is 32.6 Å². The van der Waals surface area contributed by atoms with Crippen molar-refractivity contribution in [3.63, 3.8) is 0 Å². The van der Waals surface area contributed by atoms with E-state index in [0.29, 0.717) is 34.1 Å². The maximum Gasteiger partial charge on any atom is 0.257 e. The third-order valence-corrected chi connectivity index (χ3v) is 4.88. The molecule has 0 saturated carbocycles. The number of hydrogen-bond acceptors (Lipinski definition) is 6. The van der Waals surface area contributed by atoms with Gasteiger partial charge in [-0.1, -0.05) is 35.0 Å². The van der Waals surface area contributed by atoms with Gasteiger partial charge in [-0.25, -0.2) is 0 Å². The van der Waals surface area contributed by atoms with Gasteiger partial charge in [-0.2, -0.15) is 0 Å². The number of aromatic nitrogens is 1. The number of unbranched alkanes of at least 4 members (excludes halogenated alkanes) is 1. The maximum absolute atomic E-state index is 12.6. The lowest BCUT2D eigenvalue weighted by Crippen LogP contribution is -2.28. The fraction of sp³-hybridized carbons (Fsp3) is 0.524. The summed E-state index contributed by atoms with van der Waals surface area (Å²) in [6.07, 6.45) is 4.15. The van der Waals surface area contributed by atoms with Gasteiger partial charge in [0.2, 0.25) is 0 Å². The fourth-order valence-corrected chi connectivity index (χ4v) is 3.18. The molecule has 0 unspecified atom stereocenters. The summed E-state index contributed by atoms with van der Waals surface area (Å²) >= 11 is 6.24. The number of hydrogen-bond donors (Lipinski definition) is 4. The van der Waals surface area contributed by atoms with Gasteiger partial charge in [0.25, 0.3) is 5.91 Å². The number of benzene rings is 1. The van der Waals surface area contributed by atoms with Gasteiger partial charge in [-0.15, -0.1) is 0 Å². The van der Waals surface area contributed by atoms with Crippen molar-refractivity contribution in [1.82, 2.24) is 21.1 Å². The summed E-state index contributed by atoms with van der Waals surface area (Å²) in [5, 5.41) is 14.3. The SMILES string of the molecule is Cc1onc(-c2ccccc2Cl)c1C(=O)NCCCNCCCCNCCCN. The normalized spacial score (nSPS) is 11.0. The zero-order valence-electron chi connectivity index (χ0n) is 17.1. The summed E-state index contributed by atoms with van der Waals surface area (Å²) < 4.78 is 5.25. The molecule has 0 saturated heterocycles. The second kappa shape index (κ2) is 13.3. The molecule has 1 heterocycles. The van der Waals surface area contributed by atoms with E-state index in [0.717, 1.165) is 58.4 Å². The van der Waals surface area contributed by atoms with E-state index in [9.17, 15) is 4.79 Å². The lowest BCUT2D eigenvalue weighted by Gasteiger charge is -2.08. The van der Waals surface area contributed by atoms with Crippen molar-refractivity contribution >= 4 is 17.5 Å². The van der Waals surface area contributed by atoms with Gasteiger partial charge in [-0.05, 0) is 71.4 Å². The van der Waals surface area contributed by atoms with Gasteiger partial charge in [0, 0.05) is 12.1 Å². The minimum atomic E-state index is -0.192. The highest BCUT2D eigenvalue weighted by atomic mass is 35.5. The minimum absolute atomic E-state index is 0.192. The molecule has 1 aromatic carbocycles. The Kier molecular flexibility index (Phi) is 10.7. The first kappa shape index (κ1) is 23.3. The Morgan fingerprint density at radius 1 is 1.03 bits per heavy atom. The van der Waals surface area contributed by atoms with Crippen LogP contribution in [0.2, 0.25) is 5.02 Å². The Labute approximate surface area is 177 Å². The topological polar surface area (TPSA) is 105 Å². The molecule has 8 heteroatoms. The van der Waals surface area contributed by atoms with Gasteiger partial charge in [0.05, 0.1) is 5.02 Å². The molecule has 2 aromatic rings. The van der Waals surface area contributed by atoms with Crippen molar-refractivity contribution in [1.29, 1.82) is 0 Å². The molecule has 0 radical (unpaired) electrons. The zero-order chi connectivity index (χ0) is 20.9. The molecular formula is C21H32ClN5O2. The summed E-state index contributed by atoms with van der Waals surface area (Å²) in [5.74, 6) is 0.290. The molecule has 1 amide bonds. The molecule has 1 aromatic heterocycles. The molecule has 0 aliphatic carbocycles. The van der Waals surface area contributed by atoms with Crippen LogP contribution in [-0.4, -0.2) is 50.3 Å². The van der Waals surface area contributed by atoms with Crippen molar-refractivity contribution < 1.29 is 9.32 Å². The number of aryl methyl sites for hydroxylation is 1. The quantitative estimate of drug-likeness (QED) is 0.349. The molecule has 2 rings (SSSR count). The zero-order valence-corrected chi connectivity index (χ0v) is 17.9. The minimum Gasteiger partial charge on any atom is -0.360 e. The van der Waals surface area contributed by atoms with Crippen LogP contribution in [0, 0.1) is 6.92 Å². The number of carbonyl (C=O) groups is 1. The smallest absolute Gasteiger partial charge is 0.257 e. The lowest BCUT2D eigenvalue weighted by molar-refractivity contribution is 0.0952. The van der Waals surface area contributed by atoms with E-state index in [1.807, 2.05) is 18.2 Å². The highest BCUT2D eigenvalue weighted by molar-refractivity contribution is 6.33. The van der Waals surface area contributed by atoms with Gasteiger partial charge in [0.15, 0.2) is 0 Å². The standard InChI is InChI=1S/C21H32ClN5O2/c1-16-19(20(27-29-16)17-8-2-3-9-18(17)22)21(28)26-15-7-14-25-12-5-4-11-24-13-6-10-23/h2-3,8-9,24-25H,4-7,10-15,23H2,1H3,(H,26,28). The van der Waals surface area contributed by atoms with Crippen LogP contribution in [0.3, 0.4) is 0 Å². The first-order valence-electron chi connectivity index (χ1n) is 10.3. The molecule has 0 bridgehead atoms. The first-order chi connectivity index (χ1) is 14.1. The molecule has 160 valence electrons. The predicted molar refractivity (Wildman–Crippen MR) is 117 cm³/mol. The number of amides is 1. The van der Waals surface area contributed by atoms with E-state index in [2.05, 4.69) is 21.1 Å². The summed E-state index contributed by atoms with van der Waals surface area (Å²) in [6, 6.07) is 7.29. The first-order valence-corrected chi connectivity index (χ1v) is 10.6. The van der Waals surface area contributed by atoms with E-state index in [1.54, 1.807) is 13.0 Å². The van der Waals surface area contributed by atoms with Crippen molar-refractivity contribution in [2.24, 2.45) is 5.73 Å². The number of nitrogens with zero attached hydrogens (tertiary/aromatic N) is 1. The van der Waals surface area contributed by atoms with Gasteiger partial charge >= 0.3 is 0 Å². The maximum atomic E-state index is 12.6. The number of rotatable bonds is 14. The summed E-state index contributed by atoms with van der Waals surface area (Å²) in [7, 11) is 0. The van der Waals surface area contributed by atoms with Crippen LogP contribution in [0.15, 0.2) is 28.8 Å². The van der Waals surface area contributed by atoms with Crippen LogP contribution in [0.25, 0.3) is 11.3 Å². The number of nitrogens with one attached hydrogen (secondary N) is 3. The van der Waals surface area contributed by atoms with Crippen molar-refractivity contribution in [3.8, 4) is 11.3 Å². The van der Waals surface area contributed by atoms with Crippen LogP contribution < -0.4 is 21.7 Å². The molecule has 0 atom stereocenters. The van der Waals surface area contributed by atoms with Crippen LogP contribution in [-0.2, 0) is 0 Å². The molecule has 29 heavy (non-hydrogen) atoms. The van der Waals surface area contributed by atoms with E-state index in [4.69, 9.17) is 21.9 Å². The Hall–Kier alpha value is -1.93. The summed E-state index contributed by atoms with van der Waals surface area (Å²) in [5.41, 5.74) is 7.06. The second-order valence-electron chi connectivity index (χ2n) is 6.90. The van der Waals surface area contributed by atoms with Gasteiger partial charge in [-0.3, -0.25) is 4.79 Å².